The second-order valence-electron chi connectivity index (χ2n) is 5.28. The minimum absolute atomic E-state index is 0.159. The first kappa shape index (κ1) is 16.3. The normalized spacial score (nSPS) is 19.5. The lowest BCUT2D eigenvalue weighted by molar-refractivity contribution is -0.132. The largest absolute Gasteiger partial charge is 0.342 e. The van der Waals surface area contributed by atoms with Crippen LogP contribution in [0.3, 0.4) is 0 Å². The van der Waals surface area contributed by atoms with Gasteiger partial charge in [0.1, 0.15) is 0 Å². The molecule has 1 aromatic carbocycles. The van der Waals surface area contributed by atoms with Crippen molar-refractivity contribution in [2.24, 2.45) is 0 Å². The number of carbonyl (C=O) groups excluding carboxylic acids is 1. The first-order valence-corrected chi connectivity index (χ1v) is 8.02. The van der Waals surface area contributed by atoms with Gasteiger partial charge in [-0.2, -0.15) is 0 Å². The zero-order chi connectivity index (χ0) is 15.2. The van der Waals surface area contributed by atoms with Gasteiger partial charge in [-0.15, -0.1) is 0 Å². The SMILES string of the molecule is CCN(CC)C(=O)CN1CCNCC1c1ccccc1Cl. The Balaban J connectivity index is 2.13. The number of hydrogen-bond donors (Lipinski definition) is 1. The van der Waals surface area contributed by atoms with E-state index in [-0.39, 0.29) is 11.9 Å². The van der Waals surface area contributed by atoms with Crippen LogP contribution in [0.15, 0.2) is 24.3 Å². The van der Waals surface area contributed by atoms with Crippen molar-refractivity contribution >= 4 is 17.5 Å². The van der Waals surface area contributed by atoms with Crippen LogP contribution in [0.25, 0.3) is 0 Å². The molecule has 1 saturated heterocycles. The number of nitrogens with one attached hydrogen (secondary N) is 1. The maximum absolute atomic E-state index is 12.4. The highest BCUT2D eigenvalue weighted by Gasteiger charge is 2.27. The average molecular weight is 310 g/mol. The molecule has 116 valence electrons. The Kier molecular flexibility index (Phi) is 6.03. The Morgan fingerprint density at radius 1 is 1.38 bits per heavy atom. The van der Waals surface area contributed by atoms with Crippen LogP contribution in [-0.4, -0.2) is 55.0 Å². The lowest BCUT2D eigenvalue weighted by Gasteiger charge is -2.37. The highest BCUT2D eigenvalue weighted by Crippen LogP contribution is 2.28. The summed E-state index contributed by atoms with van der Waals surface area (Å²) in [5.41, 5.74) is 1.10. The molecule has 0 radical (unpaired) electrons. The molecule has 0 saturated carbocycles. The highest BCUT2D eigenvalue weighted by molar-refractivity contribution is 6.31. The Morgan fingerprint density at radius 2 is 2.10 bits per heavy atom. The number of likely N-dealkylation sites (N-methyl/N-ethyl adjacent to an activating group) is 1. The maximum Gasteiger partial charge on any atom is 0.236 e. The van der Waals surface area contributed by atoms with Gasteiger partial charge >= 0.3 is 0 Å². The van der Waals surface area contributed by atoms with Gasteiger partial charge in [0.2, 0.25) is 5.91 Å². The number of carbonyl (C=O) groups is 1. The zero-order valence-electron chi connectivity index (χ0n) is 12.8. The Morgan fingerprint density at radius 3 is 2.76 bits per heavy atom. The molecule has 1 fully saturated rings. The van der Waals surface area contributed by atoms with Crippen molar-refractivity contribution in [3.05, 3.63) is 34.9 Å². The second-order valence-corrected chi connectivity index (χ2v) is 5.69. The molecule has 0 bridgehead atoms. The van der Waals surface area contributed by atoms with E-state index in [4.69, 9.17) is 11.6 Å². The molecule has 1 atom stereocenters. The number of nitrogens with zero attached hydrogens (tertiary/aromatic N) is 2. The molecule has 1 N–H and O–H groups in total. The van der Waals surface area contributed by atoms with Crippen molar-refractivity contribution in [3.63, 3.8) is 0 Å². The summed E-state index contributed by atoms with van der Waals surface area (Å²) in [7, 11) is 0. The molecule has 2 rings (SSSR count). The van der Waals surface area contributed by atoms with Crippen LogP contribution in [0.5, 0.6) is 0 Å². The fraction of sp³-hybridized carbons (Fsp3) is 0.562. The number of rotatable bonds is 5. The summed E-state index contributed by atoms with van der Waals surface area (Å²) in [5.74, 6) is 0.193. The number of benzene rings is 1. The topological polar surface area (TPSA) is 35.6 Å². The first-order chi connectivity index (χ1) is 10.2. The standard InChI is InChI=1S/C16H24ClN3O/c1-3-19(4-2)16(21)12-20-10-9-18-11-15(20)13-7-5-6-8-14(13)17/h5-8,15,18H,3-4,9-12H2,1-2H3. The summed E-state index contributed by atoms with van der Waals surface area (Å²) < 4.78 is 0. The van der Waals surface area contributed by atoms with Crippen molar-refractivity contribution in [3.8, 4) is 0 Å². The molecular weight excluding hydrogens is 286 g/mol. The molecule has 1 unspecified atom stereocenters. The van der Waals surface area contributed by atoms with E-state index in [1.807, 2.05) is 36.9 Å². The van der Waals surface area contributed by atoms with Gasteiger partial charge in [-0.25, -0.2) is 0 Å². The van der Waals surface area contributed by atoms with Gasteiger partial charge in [0, 0.05) is 43.8 Å². The van der Waals surface area contributed by atoms with Crippen molar-refractivity contribution in [2.75, 3.05) is 39.3 Å². The summed E-state index contributed by atoms with van der Waals surface area (Å²) in [5, 5.41) is 4.17. The highest BCUT2D eigenvalue weighted by atomic mass is 35.5. The molecule has 1 amide bonds. The van der Waals surface area contributed by atoms with Crippen LogP contribution >= 0.6 is 11.6 Å². The van der Waals surface area contributed by atoms with E-state index in [2.05, 4.69) is 16.3 Å². The number of amides is 1. The van der Waals surface area contributed by atoms with Crippen LogP contribution in [0.4, 0.5) is 0 Å². The summed E-state index contributed by atoms with van der Waals surface area (Å²) in [6, 6.07) is 8.06. The molecule has 0 aromatic heterocycles. The van der Waals surface area contributed by atoms with Crippen molar-refractivity contribution in [1.29, 1.82) is 0 Å². The minimum Gasteiger partial charge on any atom is -0.342 e. The Hall–Kier alpha value is -1.10. The third-order valence-corrected chi connectivity index (χ3v) is 4.42. The Bertz CT molecular complexity index is 476. The lowest BCUT2D eigenvalue weighted by Crippen LogP contribution is -2.50. The smallest absolute Gasteiger partial charge is 0.236 e. The van der Waals surface area contributed by atoms with Crippen molar-refractivity contribution < 1.29 is 4.79 Å². The second kappa shape index (κ2) is 7.78. The van der Waals surface area contributed by atoms with Crippen LogP contribution in [0.1, 0.15) is 25.5 Å². The predicted molar refractivity (Wildman–Crippen MR) is 86.6 cm³/mol. The van der Waals surface area contributed by atoms with E-state index in [9.17, 15) is 4.79 Å². The molecule has 1 aliphatic rings. The van der Waals surface area contributed by atoms with Gasteiger partial charge < -0.3 is 10.2 Å². The van der Waals surface area contributed by atoms with Crippen LogP contribution < -0.4 is 5.32 Å². The van der Waals surface area contributed by atoms with Gasteiger partial charge in [-0.1, -0.05) is 29.8 Å². The molecule has 1 aliphatic heterocycles. The van der Waals surface area contributed by atoms with E-state index >= 15 is 0 Å². The molecule has 1 aromatic rings. The molecule has 0 aliphatic carbocycles. The van der Waals surface area contributed by atoms with E-state index in [0.29, 0.717) is 6.54 Å². The minimum atomic E-state index is 0.159. The van der Waals surface area contributed by atoms with Crippen LogP contribution in [-0.2, 0) is 4.79 Å². The van der Waals surface area contributed by atoms with Crippen LogP contribution in [0, 0.1) is 0 Å². The van der Waals surface area contributed by atoms with Crippen molar-refractivity contribution in [1.82, 2.24) is 15.1 Å². The number of halogens is 1. The molecule has 4 nitrogen and oxygen atoms in total. The van der Waals surface area contributed by atoms with Gasteiger partial charge in [-0.3, -0.25) is 9.69 Å². The third kappa shape index (κ3) is 3.96. The molecular formula is C16H24ClN3O. The van der Waals surface area contributed by atoms with E-state index < -0.39 is 0 Å². The molecule has 0 spiro atoms. The lowest BCUT2D eigenvalue weighted by atomic mass is 10.0. The molecule has 21 heavy (non-hydrogen) atoms. The van der Waals surface area contributed by atoms with Gasteiger partial charge in [-0.05, 0) is 25.5 Å². The van der Waals surface area contributed by atoms with E-state index in [1.54, 1.807) is 0 Å². The number of hydrogen-bond acceptors (Lipinski definition) is 3. The summed E-state index contributed by atoms with van der Waals surface area (Å²) >= 11 is 6.33. The van der Waals surface area contributed by atoms with Gasteiger partial charge in [0.05, 0.1) is 6.54 Å². The predicted octanol–water partition coefficient (Wildman–Crippen LogP) is 2.15. The average Bonchev–Trinajstić information content (AvgIpc) is 2.50. The summed E-state index contributed by atoms with van der Waals surface area (Å²) in [6.45, 7) is 8.62. The zero-order valence-corrected chi connectivity index (χ0v) is 13.6. The maximum atomic E-state index is 12.4. The van der Waals surface area contributed by atoms with Gasteiger partial charge in [0.15, 0.2) is 0 Å². The molecule has 1 heterocycles. The monoisotopic (exact) mass is 309 g/mol. The quantitative estimate of drug-likeness (QED) is 0.905. The Labute approximate surface area is 132 Å². The fourth-order valence-electron chi connectivity index (χ4n) is 2.84. The third-order valence-electron chi connectivity index (χ3n) is 4.07. The molecule has 5 heteroatoms. The summed E-state index contributed by atoms with van der Waals surface area (Å²) in [6.07, 6.45) is 0. The first-order valence-electron chi connectivity index (χ1n) is 7.64. The summed E-state index contributed by atoms with van der Waals surface area (Å²) in [4.78, 5) is 16.5. The van der Waals surface area contributed by atoms with Gasteiger partial charge in [0.25, 0.3) is 0 Å². The van der Waals surface area contributed by atoms with E-state index in [1.165, 1.54) is 0 Å². The van der Waals surface area contributed by atoms with Crippen molar-refractivity contribution in [2.45, 2.75) is 19.9 Å². The van der Waals surface area contributed by atoms with E-state index in [0.717, 1.165) is 43.3 Å². The van der Waals surface area contributed by atoms with Crippen LogP contribution in [0.2, 0.25) is 5.02 Å². The number of piperazine rings is 1. The fourth-order valence-corrected chi connectivity index (χ4v) is 3.10.